The number of nitrogens with zero attached hydrogens (tertiary/aromatic N) is 3. The largest absolute Gasteiger partial charge is 0.342 e. The van der Waals surface area contributed by atoms with Gasteiger partial charge < -0.3 is 9.80 Å². The fourth-order valence-corrected chi connectivity index (χ4v) is 3.90. The van der Waals surface area contributed by atoms with Crippen LogP contribution in [0.2, 0.25) is 0 Å². The van der Waals surface area contributed by atoms with Gasteiger partial charge in [0.1, 0.15) is 0 Å². The highest BCUT2D eigenvalue weighted by molar-refractivity contribution is 5.78. The number of carbonyl (C=O) groups is 1. The van der Waals surface area contributed by atoms with Gasteiger partial charge in [0, 0.05) is 19.6 Å². The lowest BCUT2D eigenvalue weighted by atomic mass is 9.92. The average Bonchev–Trinajstić information content (AvgIpc) is 2.66. The first-order valence-corrected chi connectivity index (χ1v) is 10.3. The van der Waals surface area contributed by atoms with E-state index in [4.69, 9.17) is 0 Å². The summed E-state index contributed by atoms with van der Waals surface area (Å²) in [6, 6.07) is 10.4. The van der Waals surface area contributed by atoms with Crippen molar-refractivity contribution in [2.75, 3.05) is 46.3 Å². The van der Waals surface area contributed by atoms with Crippen LogP contribution in [-0.4, -0.2) is 66.9 Å². The molecule has 0 saturated carbocycles. The smallest absolute Gasteiger partial charge is 0.236 e. The van der Waals surface area contributed by atoms with Crippen LogP contribution >= 0.6 is 0 Å². The maximum atomic E-state index is 12.6. The molecule has 0 spiro atoms. The van der Waals surface area contributed by atoms with Crippen molar-refractivity contribution in [2.45, 2.75) is 46.1 Å². The van der Waals surface area contributed by atoms with Gasteiger partial charge in [-0.1, -0.05) is 44.2 Å². The van der Waals surface area contributed by atoms with E-state index < -0.39 is 0 Å². The second-order valence-electron chi connectivity index (χ2n) is 7.65. The molecule has 1 fully saturated rings. The summed E-state index contributed by atoms with van der Waals surface area (Å²) >= 11 is 0. The molecule has 26 heavy (non-hydrogen) atoms. The second kappa shape index (κ2) is 11.3. The van der Waals surface area contributed by atoms with Crippen molar-refractivity contribution in [1.29, 1.82) is 0 Å². The number of benzene rings is 1. The van der Waals surface area contributed by atoms with Crippen molar-refractivity contribution >= 4 is 5.91 Å². The molecule has 0 aromatic heterocycles. The predicted octanol–water partition coefficient (Wildman–Crippen LogP) is 3.48. The monoisotopic (exact) mass is 359 g/mol. The Bertz CT molecular complexity index is 507. The van der Waals surface area contributed by atoms with Gasteiger partial charge in [-0.25, -0.2) is 0 Å². The maximum Gasteiger partial charge on any atom is 0.236 e. The molecule has 1 amide bonds. The van der Waals surface area contributed by atoms with E-state index in [1.165, 1.54) is 37.8 Å². The summed E-state index contributed by atoms with van der Waals surface area (Å²) in [6.45, 7) is 11.2. The van der Waals surface area contributed by atoms with E-state index in [0.29, 0.717) is 6.54 Å². The molecule has 0 radical (unpaired) electrons. The summed E-state index contributed by atoms with van der Waals surface area (Å²) in [5.41, 5.74) is 1.26. The van der Waals surface area contributed by atoms with Crippen LogP contribution in [0.5, 0.6) is 0 Å². The van der Waals surface area contributed by atoms with Gasteiger partial charge >= 0.3 is 0 Å². The molecule has 0 N–H and O–H groups in total. The number of piperidine rings is 1. The van der Waals surface area contributed by atoms with Crippen LogP contribution in [-0.2, 0) is 11.3 Å². The minimum absolute atomic E-state index is 0.282. The third-order valence-electron chi connectivity index (χ3n) is 5.65. The van der Waals surface area contributed by atoms with E-state index in [0.717, 1.165) is 38.6 Å². The van der Waals surface area contributed by atoms with E-state index in [2.05, 4.69) is 52.8 Å². The van der Waals surface area contributed by atoms with Crippen LogP contribution < -0.4 is 0 Å². The molecule has 2 rings (SSSR count). The van der Waals surface area contributed by atoms with E-state index in [1.807, 2.05) is 13.1 Å². The molecule has 4 heteroatoms. The van der Waals surface area contributed by atoms with Gasteiger partial charge in [-0.15, -0.1) is 0 Å². The third-order valence-corrected chi connectivity index (χ3v) is 5.65. The van der Waals surface area contributed by atoms with Crippen LogP contribution in [0.3, 0.4) is 0 Å². The topological polar surface area (TPSA) is 26.8 Å². The average molecular weight is 360 g/mol. The molecule has 0 bridgehead atoms. The number of amides is 1. The lowest BCUT2D eigenvalue weighted by Gasteiger charge is -2.33. The van der Waals surface area contributed by atoms with Gasteiger partial charge in [0.2, 0.25) is 5.91 Å². The van der Waals surface area contributed by atoms with Crippen LogP contribution in [0.1, 0.15) is 45.1 Å². The molecule has 0 aliphatic carbocycles. The minimum atomic E-state index is 0.282. The Hall–Kier alpha value is -1.39. The van der Waals surface area contributed by atoms with Crippen LogP contribution in [0.25, 0.3) is 0 Å². The van der Waals surface area contributed by atoms with Crippen LogP contribution in [0, 0.1) is 5.92 Å². The maximum absolute atomic E-state index is 12.6. The zero-order chi connectivity index (χ0) is 18.8. The Morgan fingerprint density at radius 3 is 2.38 bits per heavy atom. The Morgan fingerprint density at radius 1 is 1.12 bits per heavy atom. The zero-order valence-corrected chi connectivity index (χ0v) is 17.0. The molecule has 1 heterocycles. The van der Waals surface area contributed by atoms with Crippen LogP contribution in [0.15, 0.2) is 30.3 Å². The van der Waals surface area contributed by atoms with Gasteiger partial charge in [-0.05, 0) is 63.8 Å². The number of hydrogen-bond acceptors (Lipinski definition) is 3. The van der Waals surface area contributed by atoms with Crippen molar-refractivity contribution in [3.05, 3.63) is 35.9 Å². The molecule has 1 aliphatic heterocycles. The Morgan fingerprint density at radius 2 is 1.77 bits per heavy atom. The number of hydrogen-bond donors (Lipinski definition) is 0. The van der Waals surface area contributed by atoms with Gasteiger partial charge in [-0.3, -0.25) is 9.69 Å². The molecule has 1 aromatic rings. The highest BCUT2D eigenvalue weighted by atomic mass is 16.2. The van der Waals surface area contributed by atoms with Crippen molar-refractivity contribution in [3.8, 4) is 0 Å². The Kier molecular flexibility index (Phi) is 9.13. The highest BCUT2D eigenvalue weighted by Crippen LogP contribution is 2.22. The normalized spacial score (nSPS) is 15.8. The molecule has 1 saturated heterocycles. The molecule has 4 nitrogen and oxygen atoms in total. The first kappa shape index (κ1) is 20.9. The van der Waals surface area contributed by atoms with Gasteiger partial charge in [-0.2, -0.15) is 0 Å². The minimum Gasteiger partial charge on any atom is -0.342 e. The van der Waals surface area contributed by atoms with E-state index in [9.17, 15) is 4.79 Å². The number of likely N-dealkylation sites (tertiary alicyclic amines) is 1. The third kappa shape index (κ3) is 7.08. The summed E-state index contributed by atoms with van der Waals surface area (Å²) in [4.78, 5) is 19.3. The second-order valence-corrected chi connectivity index (χ2v) is 7.65. The molecule has 146 valence electrons. The molecular formula is C22H37N3O. The number of rotatable bonds is 10. The van der Waals surface area contributed by atoms with Crippen molar-refractivity contribution in [2.24, 2.45) is 5.92 Å². The standard InChI is InChI=1S/C22H37N3O/c1-4-24(5-2)15-9-12-20-13-16-25(17-14-20)22(26)19-23(3)18-21-10-7-6-8-11-21/h6-8,10-11,20H,4-5,9,12-19H2,1-3H3. The summed E-state index contributed by atoms with van der Waals surface area (Å²) in [7, 11) is 2.03. The lowest BCUT2D eigenvalue weighted by molar-refractivity contribution is -0.133. The fraction of sp³-hybridized carbons (Fsp3) is 0.682. The van der Waals surface area contributed by atoms with Crippen molar-refractivity contribution in [1.82, 2.24) is 14.7 Å². The predicted molar refractivity (Wildman–Crippen MR) is 109 cm³/mol. The SMILES string of the molecule is CCN(CC)CCCC1CCN(C(=O)CN(C)Cc2ccccc2)CC1. The molecule has 0 unspecified atom stereocenters. The van der Waals surface area contributed by atoms with Crippen molar-refractivity contribution in [3.63, 3.8) is 0 Å². The van der Waals surface area contributed by atoms with E-state index >= 15 is 0 Å². The van der Waals surface area contributed by atoms with Gasteiger partial charge in [0.25, 0.3) is 0 Å². The lowest BCUT2D eigenvalue weighted by Crippen LogP contribution is -2.43. The van der Waals surface area contributed by atoms with Gasteiger partial charge in [0.05, 0.1) is 6.54 Å². The highest BCUT2D eigenvalue weighted by Gasteiger charge is 2.23. The molecule has 0 atom stereocenters. The van der Waals surface area contributed by atoms with E-state index in [1.54, 1.807) is 0 Å². The molecule has 1 aromatic carbocycles. The van der Waals surface area contributed by atoms with Crippen LogP contribution in [0.4, 0.5) is 0 Å². The number of carbonyl (C=O) groups excluding carboxylic acids is 1. The molecular weight excluding hydrogens is 322 g/mol. The first-order valence-electron chi connectivity index (χ1n) is 10.3. The number of likely N-dealkylation sites (N-methyl/N-ethyl adjacent to an activating group) is 1. The Balaban J connectivity index is 1.64. The zero-order valence-electron chi connectivity index (χ0n) is 17.0. The van der Waals surface area contributed by atoms with E-state index in [-0.39, 0.29) is 5.91 Å². The van der Waals surface area contributed by atoms with Crippen molar-refractivity contribution < 1.29 is 4.79 Å². The summed E-state index contributed by atoms with van der Waals surface area (Å²) in [5, 5.41) is 0. The quantitative estimate of drug-likeness (QED) is 0.640. The van der Waals surface area contributed by atoms with Gasteiger partial charge in [0.15, 0.2) is 0 Å². The summed E-state index contributed by atoms with van der Waals surface area (Å²) in [6.07, 6.45) is 4.95. The summed E-state index contributed by atoms with van der Waals surface area (Å²) < 4.78 is 0. The first-order chi connectivity index (χ1) is 12.6. The molecule has 1 aliphatic rings. The fourth-order valence-electron chi connectivity index (χ4n) is 3.90. The Labute approximate surface area is 160 Å². The summed E-state index contributed by atoms with van der Waals surface area (Å²) in [5.74, 6) is 1.08.